The van der Waals surface area contributed by atoms with Crippen LogP contribution >= 0.6 is 0 Å². The summed E-state index contributed by atoms with van der Waals surface area (Å²) in [6.07, 6.45) is 0.906. The van der Waals surface area contributed by atoms with Crippen LogP contribution < -0.4 is 0 Å². The van der Waals surface area contributed by atoms with Gasteiger partial charge in [-0.1, -0.05) is 68.4 Å². The molecule has 2 aromatic rings. The number of aliphatic hydroxyl groups is 1. The zero-order chi connectivity index (χ0) is 14.9. The number of fused-ring (bicyclic) bond motifs is 1. The highest BCUT2D eigenvalue weighted by Gasteiger charge is 2.48. The maximum atomic E-state index is 11.7. The summed E-state index contributed by atoms with van der Waals surface area (Å²) >= 11 is 0. The lowest BCUT2D eigenvalue weighted by molar-refractivity contribution is -0.00503. The molecule has 0 aromatic heterocycles. The molecule has 0 saturated heterocycles. The largest absolute Gasteiger partial charge is 0.379 e. The minimum absolute atomic E-state index is 0.104. The third kappa shape index (κ3) is 2.19. The second-order valence-electron chi connectivity index (χ2n) is 5.73. The van der Waals surface area contributed by atoms with Crippen LogP contribution in [0.25, 0.3) is 0 Å². The first-order chi connectivity index (χ1) is 10.2. The lowest BCUT2D eigenvalue weighted by atomic mass is 9.84. The van der Waals surface area contributed by atoms with Gasteiger partial charge in [0.05, 0.1) is 6.04 Å². The van der Waals surface area contributed by atoms with Crippen molar-refractivity contribution in [2.45, 2.75) is 31.9 Å². The van der Waals surface area contributed by atoms with Gasteiger partial charge in [-0.2, -0.15) is 0 Å². The van der Waals surface area contributed by atoms with Gasteiger partial charge in [0.1, 0.15) is 5.60 Å². The van der Waals surface area contributed by atoms with Crippen molar-refractivity contribution in [2.75, 3.05) is 13.1 Å². The molecule has 21 heavy (non-hydrogen) atoms. The third-order valence-corrected chi connectivity index (χ3v) is 4.79. The zero-order valence-electron chi connectivity index (χ0n) is 12.8. The number of rotatable bonds is 4. The number of hydrogen-bond acceptors (Lipinski definition) is 2. The van der Waals surface area contributed by atoms with Crippen LogP contribution in [0.4, 0.5) is 0 Å². The Morgan fingerprint density at radius 2 is 1.62 bits per heavy atom. The van der Waals surface area contributed by atoms with Crippen LogP contribution in [-0.4, -0.2) is 29.1 Å². The van der Waals surface area contributed by atoms with Crippen molar-refractivity contribution < 1.29 is 5.11 Å². The molecule has 2 heteroatoms. The SMILES string of the molecule is CCN(CC)[C@H]1Cc2ccccc2[C@@]1(O)c1ccccc1. The van der Waals surface area contributed by atoms with E-state index in [-0.39, 0.29) is 6.04 Å². The first-order valence-corrected chi connectivity index (χ1v) is 7.82. The molecule has 0 unspecified atom stereocenters. The van der Waals surface area contributed by atoms with E-state index in [4.69, 9.17) is 0 Å². The Labute approximate surface area is 127 Å². The maximum Gasteiger partial charge on any atom is 0.131 e. The van der Waals surface area contributed by atoms with Gasteiger partial charge in [-0.05, 0) is 36.2 Å². The Kier molecular flexibility index (Phi) is 3.83. The first-order valence-electron chi connectivity index (χ1n) is 7.82. The minimum atomic E-state index is -0.913. The molecule has 0 fully saturated rings. The van der Waals surface area contributed by atoms with Crippen LogP contribution in [0, 0.1) is 0 Å². The monoisotopic (exact) mass is 281 g/mol. The number of nitrogens with zero attached hydrogens (tertiary/aromatic N) is 1. The molecule has 2 nitrogen and oxygen atoms in total. The predicted octanol–water partition coefficient (Wildman–Crippen LogP) is 3.19. The molecule has 110 valence electrons. The molecule has 0 radical (unpaired) electrons. The average molecular weight is 281 g/mol. The third-order valence-electron chi connectivity index (χ3n) is 4.79. The highest BCUT2D eigenvalue weighted by Crippen LogP contribution is 2.44. The minimum Gasteiger partial charge on any atom is -0.379 e. The van der Waals surface area contributed by atoms with Crippen molar-refractivity contribution in [3.05, 3.63) is 71.3 Å². The van der Waals surface area contributed by atoms with Crippen molar-refractivity contribution in [3.63, 3.8) is 0 Å². The summed E-state index contributed by atoms with van der Waals surface area (Å²) in [4.78, 5) is 2.37. The molecule has 0 aliphatic heterocycles. The summed E-state index contributed by atoms with van der Waals surface area (Å²) in [6.45, 7) is 6.23. The Hall–Kier alpha value is -1.64. The first kappa shape index (κ1) is 14.3. The molecule has 0 bridgehead atoms. The van der Waals surface area contributed by atoms with Crippen molar-refractivity contribution in [2.24, 2.45) is 0 Å². The molecule has 1 N–H and O–H groups in total. The maximum absolute atomic E-state index is 11.7. The molecule has 0 heterocycles. The normalized spacial score (nSPS) is 24.3. The van der Waals surface area contributed by atoms with E-state index in [9.17, 15) is 5.11 Å². The molecular weight excluding hydrogens is 258 g/mol. The van der Waals surface area contributed by atoms with Gasteiger partial charge in [0.25, 0.3) is 0 Å². The number of likely N-dealkylation sites (N-methyl/N-ethyl adjacent to an activating group) is 1. The van der Waals surface area contributed by atoms with Crippen LogP contribution in [0.1, 0.15) is 30.5 Å². The van der Waals surface area contributed by atoms with Crippen LogP contribution in [0.5, 0.6) is 0 Å². The summed E-state index contributed by atoms with van der Waals surface area (Å²) in [6, 6.07) is 18.5. The van der Waals surface area contributed by atoms with Gasteiger partial charge in [-0.25, -0.2) is 0 Å². The van der Waals surface area contributed by atoms with E-state index in [2.05, 4.69) is 36.9 Å². The topological polar surface area (TPSA) is 23.5 Å². The highest BCUT2D eigenvalue weighted by atomic mass is 16.3. The van der Waals surface area contributed by atoms with Gasteiger partial charge in [-0.15, -0.1) is 0 Å². The van der Waals surface area contributed by atoms with Crippen molar-refractivity contribution >= 4 is 0 Å². The lowest BCUT2D eigenvalue weighted by Crippen LogP contribution is -2.49. The molecule has 0 saturated carbocycles. The fourth-order valence-electron chi connectivity index (χ4n) is 3.70. The Morgan fingerprint density at radius 3 is 2.29 bits per heavy atom. The molecule has 0 spiro atoms. The van der Waals surface area contributed by atoms with Gasteiger partial charge >= 0.3 is 0 Å². The summed E-state index contributed by atoms with van der Waals surface area (Å²) < 4.78 is 0. The van der Waals surface area contributed by atoms with Gasteiger partial charge < -0.3 is 5.11 Å². The second kappa shape index (κ2) is 5.63. The smallest absolute Gasteiger partial charge is 0.131 e. The van der Waals surface area contributed by atoms with E-state index < -0.39 is 5.60 Å². The predicted molar refractivity (Wildman–Crippen MR) is 86.3 cm³/mol. The summed E-state index contributed by atoms with van der Waals surface area (Å²) in [5.74, 6) is 0. The van der Waals surface area contributed by atoms with E-state index in [0.29, 0.717) is 0 Å². The van der Waals surface area contributed by atoms with Crippen LogP contribution in [0.2, 0.25) is 0 Å². The van der Waals surface area contributed by atoms with E-state index in [1.165, 1.54) is 5.56 Å². The molecular formula is C19H23NO. The van der Waals surface area contributed by atoms with Gasteiger partial charge in [-0.3, -0.25) is 4.90 Å². The van der Waals surface area contributed by atoms with Gasteiger partial charge in [0.15, 0.2) is 0 Å². The van der Waals surface area contributed by atoms with E-state index in [1.807, 2.05) is 36.4 Å². The summed E-state index contributed by atoms with van der Waals surface area (Å²) in [7, 11) is 0. The van der Waals surface area contributed by atoms with E-state index in [0.717, 1.165) is 30.6 Å². The lowest BCUT2D eigenvalue weighted by Gasteiger charge is -2.38. The zero-order valence-corrected chi connectivity index (χ0v) is 12.8. The quantitative estimate of drug-likeness (QED) is 0.930. The van der Waals surface area contributed by atoms with Crippen molar-refractivity contribution in [3.8, 4) is 0 Å². The highest BCUT2D eigenvalue weighted by molar-refractivity contribution is 5.48. The van der Waals surface area contributed by atoms with Gasteiger partial charge in [0, 0.05) is 0 Å². The molecule has 1 aliphatic carbocycles. The molecule has 2 aromatic carbocycles. The summed E-state index contributed by atoms with van der Waals surface area (Å²) in [5, 5.41) is 11.7. The Bertz CT molecular complexity index is 606. The van der Waals surface area contributed by atoms with E-state index >= 15 is 0 Å². The van der Waals surface area contributed by atoms with Crippen LogP contribution in [-0.2, 0) is 12.0 Å². The fourth-order valence-corrected chi connectivity index (χ4v) is 3.70. The van der Waals surface area contributed by atoms with Crippen molar-refractivity contribution in [1.82, 2.24) is 4.90 Å². The Balaban J connectivity index is 2.15. The van der Waals surface area contributed by atoms with Gasteiger partial charge in [0.2, 0.25) is 0 Å². The molecule has 1 aliphatic rings. The fraction of sp³-hybridized carbons (Fsp3) is 0.368. The van der Waals surface area contributed by atoms with Crippen molar-refractivity contribution in [1.29, 1.82) is 0 Å². The number of hydrogen-bond donors (Lipinski definition) is 1. The van der Waals surface area contributed by atoms with E-state index in [1.54, 1.807) is 0 Å². The standard InChI is InChI=1S/C19H23NO/c1-3-20(4-2)18-14-15-10-8-9-13-17(15)19(18,21)16-11-6-5-7-12-16/h5-13,18,21H,3-4,14H2,1-2H3/t18-,19-/m0/s1. The molecule has 3 rings (SSSR count). The average Bonchev–Trinajstić information content (AvgIpc) is 2.85. The Morgan fingerprint density at radius 1 is 1.00 bits per heavy atom. The number of benzene rings is 2. The van der Waals surface area contributed by atoms with Crippen LogP contribution in [0.3, 0.4) is 0 Å². The molecule has 0 amide bonds. The molecule has 2 atom stereocenters. The van der Waals surface area contributed by atoms with Crippen LogP contribution in [0.15, 0.2) is 54.6 Å². The second-order valence-corrected chi connectivity index (χ2v) is 5.73. The summed E-state index contributed by atoms with van der Waals surface area (Å²) in [5.41, 5.74) is 2.41.